The number of carbonyl (C=O) groups is 3. The van der Waals surface area contributed by atoms with E-state index in [1.807, 2.05) is 42.3 Å². The van der Waals surface area contributed by atoms with Crippen LogP contribution in [-0.4, -0.2) is 48.5 Å². The number of esters is 2. The summed E-state index contributed by atoms with van der Waals surface area (Å²) in [7, 11) is 1.85. The van der Waals surface area contributed by atoms with Crippen LogP contribution >= 0.6 is 0 Å². The van der Waals surface area contributed by atoms with Crippen LogP contribution in [0.3, 0.4) is 0 Å². The second-order valence-corrected chi connectivity index (χ2v) is 17.2. The van der Waals surface area contributed by atoms with Gasteiger partial charge in [0.1, 0.15) is 23.7 Å². The average molecular weight is 766 g/mol. The highest BCUT2D eigenvalue weighted by molar-refractivity contribution is 5.79. The van der Waals surface area contributed by atoms with E-state index in [0.29, 0.717) is 48.7 Å². The van der Waals surface area contributed by atoms with Gasteiger partial charge in [-0.25, -0.2) is 0 Å². The minimum Gasteiger partial charge on any atom is -0.486 e. The smallest absolute Gasteiger partial charge is 0.416 e. The molecule has 0 radical (unpaired) electrons. The summed E-state index contributed by atoms with van der Waals surface area (Å²) in [6, 6.07) is 14.2. The molecule has 7 nitrogen and oxygen atoms in total. The first kappa shape index (κ1) is 41.0. The van der Waals surface area contributed by atoms with E-state index in [2.05, 4.69) is 19.9 Å². The third-order valence-electron chi connectivity index (χ3n) is 13.9. The minimum atomic E-state index is -4.42. The van der Waals surface area contributed by atoms with Gasteiger partial charge in [-0.3, -0.25) is 19.3 Å². The normalized spacial score (nSPS) is 29.9. The first-order valence-corrected chi connectivity index (χ1v) is 20.3. The molecule has 10 heteroatoms. The Morgan fingerprint density at radius 3 is 2.31 bits per heavy atom. The predicted molar refractivity (Wildman–Crippen MR) is 204 cm³/mol. The first-order valence-electron chi connectivity index (χ1n) is 20.3. The van der Waals surface area contributed by atoms with E-state index in [-0.39, 0.29) is 47.8 Å². The van der Waals surface area contributed by atoms with Crippen molar-refractivity contribution in [3.63, 3.8) is 0 Å². The van der Waals surface area contributed by atoms with Crippen LogP contribution in [0, 0.1) is 34.5 Å². The molecule has 0 amide bonds. The second-order valence-electron chi connectivity index (χ2n) is 17.2. The number of halogens is 3. The van der Waals surface area contributed by atoms with Crippen molar-refractivity contribution < 1.29 is 41.8 Å². The van der Waals surface area contributed by atoms with Crippen molar-refractivity contribution in [2.45, 2.75) is 129 Å². The van der Waals surface area contributed by atoms with Gasteiger partial charge in [-0.2, -0.15) is 13.2 Å². The van der Waals surface area contributed by atoms with Gasteiger partial charge in [0.25, 0.3) is 0 Å². The molecule has 2 aromatic carbocycles. The van der Waals surface area contributed by atoms with Crippen LogP contribution in [0.15, 0.2) is 66.2 Å². The van der Waals surface area contributed by atoms with Crippen LogP contribution in [0.1, 0.15) is 122 Å². The Morgan fingerprint density at radius 2 is 1.62 bits per heavy atom. The summed E-state index contributed by atoms with van der Waals surface area (Å²) in [4.78, 5) is 40.1. The molecule has 300 valence electrons. The van der Waals surface area contributed by atoms with Crippen molar-refractivity contribution in [1.29, 1.82) is 0 Å². The van der Waals surface area contributed by atoms with E-state index >= 15 is 0 Å². The van der Waals surface area contributed by atoms with Gasteiger partial charge >= 0.3 is 18.1 Å². The lowest BCUT2D eigenvalue weighted by molar-refractivity contribution is -0.161. The van der Waals surface area contributed by atoms with Gasteiger partial charge < -0.3 is 14.2 Å². The Kier molecular flexibility index (Phi) is 12.5. The molecule has 0 bridgehead atoms. The van der Waals surface area contributed by atoms with Crippen molar-refractivity contribution in [3.8, 4) is 5.75 Å². The summed E-state index contributed by atoms with van der Waals surface area (Å²) in [5, 5.41) is 0. The SMILES string of the molecule is CC(=O)C1CCC2C3CC=C4CC(OC(=O)CCC(=O)OC(C)N(C)CCCC(Oc5ccc(C(F)(F)F)cc5)c5ccccc5)CCC4(C)C3CCC12C. The quantitative estimate of drug-likeness (QED) is 0.108. The molecule has 2 aromatic rings. The fourth-order valence-corrected chi connectivity index (χ4v) is 10.7. The minimum absolute atomic E-state index is 0.0373. The van der Waals surface area contributed by atoms with Crippen LogP contribution < -0.4 is 4.74 Å². The van der Waals surface area contributed by atoms with Crippen molar-refractivity contribution in [1.82, 2.24) is 4.90 Å². The number of ketones is 1. The molecule has 9 unspecified atom stereocenters. The molecule has 0 heterocycles. The summed E-state index contributed by atoms with van der Waals surface area (Å²) >= 11 is 0. The highest BCUT2D eigenvalue weighted by Crippen LogP contribution is 2.66. The number of rotatable bonds is 14. The number of hydrogen-bond donors (Lipinski definition) is 0. The molecular formula is C45H58F3NO6. The zero-order chi connectivity index (χ0) is 39.5. The summed E-state index contributed by atoms with van der Waals surface area (Å²) in [6.45, 7) is 8.93. The van der Waals surface area contributed by atoms with Gasteiger partial charge in [0.15, 0.2) is 6.23 Å². The van der Waals surface area contributed by atoms with Crippen molar-refractivity contribution in [2.24, 2.45) is 34.5 Å². The van der Waals surface area contributed by atoms with Gasteiger partial charge in [-0.05, 0) is 137 Å². The molecule has 9 atom stereocenters. The third-order valence-corrected chi connectivity index (χ3v) is 13.9. The van der Waals surface area contributed by atoms with Crippen LogP contribution in [0.25, 0.3) is 0 Å². The molecule has 0 spiro atoms. The Balaban J connectivity index is 0.927. The number of hydrogen-bond acceptors (Lipinski definition) is 7. The van der Waals surface area contributed by atoms with Crippen molar-refractivity contribution in [2.75, 3.05) is 13.6 Å². The number of allylic oxidation sites excluding steroid dienone is 1. The van der Waals surface area contributed by atoms with Crippen LogP contribution in [-0.2, 0) is 30.0 Å². The zero-order valence-corrected chi connectivity index (χ0v) is 33.0. The molecule has 6 rings (SSSR count). The number of fused-ring (bicyclic) bond motifs is 5. The summed E-state index contributed by atoms with van der Waals surface area (Å²) in [5.41, 5.74) is 1.83. The van der Waals surface area contributed by atoms with E-state index in [1.165, 1.54) is 17.7 Å². The Bertz CT molecular complexity index is 1690. The first-order chi connectivity index (χ1) is 26.1. The van der Waals surface area contributed by atoms with Gasteiger partial charge in [-0.15, -0.1) is 0 Å². The monoisotopic (exact) mass is 765 g/mol. The third kappa shape index (κ3) is 9.16. The summed E-state index contributed by atoms with van der Waals surface area (Å²) in [6.07, 6.45) is 6.12. The lowest BCUT2D eigenvalue weighted by atomic mass is 9.47. The van der Waals surface area contributed by atoms with E-state index in [4.69, 9.17) is 14.2 Å². The number of benzene rings is 2. The lowest BCUT2D eigenvalue weighted by Gasteiger charge is -2.58. The molecule has 0 aromatic heterocycles. The van der Waals surface area contributed by atoms with Gasteiger partial charge in [0.05, 0.1) is 18.4 Å². The molecule has 4 aliphatic carbocycles. The number of ether oxygens (including phenoxy) is 3. The molecule has 0 saturated heterocycles. The highest BCUT2D eigenvalue weighted by atomic mass is 19.4. The number of carbonyl (C=O) groups excluding carboxylic acids is 3. The fourth-order valence-electron chi connectivity index (χ4n) is 10.7. The molecule has 3 saturated carbocycles. The molecule has 4 aliphatic rings. The van der Waals surface area contributed by atoms with Gasteiger partial charge in [0, 0.05) is 18.9 Å². The van der Waals surface area contributed by atoms with E-state index in [0.717, 1.165) is 69.1 Å². The zero-order valence-electron chi connectivity index (χ0n) is 33.0. The maximum absolute atomic E-state index is 13.0. The Labute approximate surface area is 324 Å². The fraction of sp³-hybridized carbons (Fsp3) is 0.622. The van der Waals surface area contributed by atoms with E-state index in [9.17, 15) is 27.6 Å². The van der Waals surface area contributed by atoms with E-state index < -0.39 is 23.9 Å². The van der Waals surface area contributed by atoms with Crippen LogP contribution in [0.4, 0.5) is 13.2 Å². The summed E-state index contributed by atoms with van der Waals surface area (Å²) < 4.78 is 56.8. The number of alkyl halides is 3. The maximum atomic E-state index is 13.0. The summed E-state index contributed by atoms with van der Waals surface area (Å²) in [5.74, 6) is 1.88. The highest BCUT2D eigenvalue weighted by Gasteiger charge is 2.59. The van der Waals surface area contributed by atoms with Crippen molar-refractivity contribution >= 4 is 17.7 Å². The predicted octanol–water partition coefficient (Wildman–Crippen LogP) is 10.3. The van der Waals surface area contributed by atoms with Crippen molar-refractivity contribution in [3.05, 3.63) is 77.4 Å². The molecule has 0 N–H and O–H groups in total. The largest absolute Gasteiger partial charge is 0.486 e. The van der Waals surface area contributed by atoms with Gasteiger partial charge in [-0.1, -0.05) is 55.8 Å². The lowest BCUT2D eigenvalue weighted by Crippen LogP contribution is -2.51. The van der Waals surface area contributed by atoms with Gasteiger partial charge in [0.2, 0.25) is 0 Å². The van der Waals surface area contributed by atoms with E-state index in [1.54, 1.807) is 13.8 Å². The average Bonchev–Trinajstić information content (AvgIpc) is 3.51. The number of nitrogens with zero attached hydrogens (tertiary/aromatic N) is 1. The number of Topliss-reactive ketones (excluding diaryl/α,β-unsaturated/α-hetero) is 1. The molecular weight excluding hydrogens is 707 g/mol. The second kappa shape index (κ2) is 16.8. The Morgan fingerprint density at radius 1 is 0.909 bits per heavy atom. The maximum Gasteiger partial charge on any atom is 0.416 e. The topological polar surface area (TPSA) is 82.1 Å². The Hall–Kier alpha value is -3.66. The van der Waals surface area contributed by atoms with Crippen LogP contribution in [0.5, 0.6) is 5.75 Å². The standard InChI is InChI=1S/C45H58F3NO6/c1-29(50)37-19-20-38-36-18-15-33-28-35(23-25-43(33,3)39(36)24-26-44(37,38)4)55-42(52)22-21-41(51)53-30(2)49(5)27-9-12-40(31-10-7-6-8-11-31)54-34-16-13-32(14-17-34)45(46,47)48/h6-8,10-11,13-17,30,35-40H,9,12,18-28H2,1-5H3. The molecule has 0 aliphatic heterocycles. The molecule has 55 heavy (non-hydrogen) atoms. The van der Waals surface area contributed by atoms with Crippen LogP contribution in [0.2, 0.25) is 0 Å². The molecule has 3 fully saturated rings.